The SMILES string of the molecule is Fc1cnc(Cl)c2c(Br)c[nH]c12. The van der Waals surface area contributed by atoms with Gasteiger partial charge in [0.15, 0.2) is 5.82 Å². The van der Waals surface area contributed by atoms with Gasteiger partial charge in [-0.25, -0.2) is 9.37 Å². The van der Waals surface area contributed by atoms with Gasteiger partial charge in [-0.15, -0.1) is 0 Å². The Labute approximate surface area is 80.9 Å². The van der Waals surface area contributed by atoms with Crippen LogP contribution in [0.1, 0.15) is 0 Å². The lowest BCUT2D eigenvalue weighted by molar-refractivity contribution is 0.631. The fourth-order valence-electron chi connectivity index (χ4n) is 1.03. The van der Waals surface area contributed by atoms with Gasteiger partial charge in [-0.3, -0.25) is 0 Å². The van der Waals surface area contributed by atoms with E-state index in [2.05, 4.69) is 25.9 Å². The average molecular weight is 249 g/mol. The molecule has 2 rings (SSSR count). The Balaban J connectivity index is 2.98. The second-order valence-electron chi connectivity index (χ2n) is 2.28. The Kier molecular flexibility index (Phi) is 1.81. The fourth-order valence-corrected chi connectivity index (χ4v) is 1.89. The van der Waals surface area contributed by atoms with Gasteiger partial charge in [0.2, 0.25) is 0 Å². The predicted octanol–water partition coefficient (Wildman–Crippen LogP) is 3.12. The van der Waals surface area contributed by atoms with E-state index in [4.69, 9.17) is 11.6 Å². The summed E-state index contributed by atoms with van der Waals surface area (Å²) in [6.07, 6.45) is 2.72. The Bertz CT molecular complexity index is 440. The van der Waals surface area contributed by atoms with E-state index in [1.54, 1.807) is 6.20 Å². The van der Waals surface area contributed by atoms with Crippen molar-refractivity contribution in [1.29, 1.82) is 0 Å². The summed E-state index contributed by atoms with van der Waals surface area (Å²) in [6.45, 7) is 0. The van der Waals surface area contributed by atoms with E-state index in [9.17, 15) is 4.39 Å². The summed E-state index contributed by atoms with van der Waals surface area (Å²) in [6, 6.07) is 0. The minimum atomic E-state index is -0.403. The first kappa shape index (κ1) is 8.01. The molecule has 2 aromatic heterocycles. The minimum Gasteiger partial charge on any atom is -0.358 e. The predicted molar refractivity (Wildman–Crippen MR) is 48.8 cm³/mol. The molecule has 0 fully saturated rings. The van der Waals surface area contributed by atoms with Gasteiger partial charge in [0.1, 0.15) is 5.15 Å². The summed E-state index contributed by atoms with van der Waals surface area (Å²) in [4.78, 5) is 6.43. The molecule has 0 aromatic carbocycles. The van der Waals surface area contributed by atoms with Crippen LogP contribution in [0.4, 0.5) is 4.39 Å². The molecule has 2 aromatic rings. The lowest BCUT2D eigenvalue weighted by Gasteiger charge is -1.94. The molecule has 1 N–H and O–H groups in total. The highest BCUT2D eigenvalue weighted by Gasteiger charge is 2.10. The zero-order chi connectivity index (χ0) is 8.72. The maximum Gasteiger partial charge on any atom is 0.165 e. The van der Waals surface area contributed by atoms with E-state index in [0.717, 1.165) is 10.7 Å². The third-order valence-electron chi connectivity index (χ3n) is 1.57. The van der Waals surface area contributed by atoms with E-state index in [1.165, 1.54) is 0 Å². The maximum atomic E-state index is 13.0. The third-order valence-corrected chi connectivity index (χ3v) is 2.48. The number of hydrogen-bond acceptors (Lipinski definition) is 1. The summed E-state index contributed by atoms with van der Waals surface area (Å²) in [7, 11) is 0. The molecule has 12 heavy (non-hydrogen) atoms. The standard InChI is InChI=1S/C7H3BrClFN2/c8-3-1-11-6-4(10)2-12-7(9)5(3)6/h1-2,11H. The van der Waals surface area contributed by atoms with Crippen LogP contribution >= 0.6 is 27.5 Å². The molecule has 0 saturated carbocycles. The first-order chi connectivity index (χ1) is 5.70. The quantitative estimate of drug-likeness (QED) is 0.714. The molecule has 2 nitrogen and oxygen atoms in total. The molecule has 0 atom stereocenters. The fraction of sp³-hybridized carbons (Fsp3) is 0. The Morgan fingerprint density at radius 2 is 2.33 bits per heavy atom. The number of aromatic nitrogens is 2. The van der Waals surface area contributed by atoms with Crippen LogP contribution in [0.5, 0.6) is 0 Å². The van der Waals surface area contributed by atoms with Gasteiger partial charge in [-0.05, 0) is 15.9 Å². The van der Waals surface area contributed by atoms with Gasteiger partial charge in [-0.1, -0.05) is 11.6 Å². The van der Waals surface area contributed by atoms with Gasteiger partial charge in [-0.2, -0.15) is 0 Å². The topological polar surface area (TPSA) is 28.7 Å². The van der Waals surface area contributed by atoms with Crippen molar-refractivity contribution >= 4 is 38.4 Å². The number of pyridine rings is 1. The first-order valence-electron chi connectivity index (χ1n) is 3.16. The minimum absolute atomic E-state index is 0.291. The van der Waals surface area contributed by atoms with E-state index in [-0.39, 0.29) is 0 Å². The first-order valence-corrected chi connectivity index (χ1v) is 4.34. The molecule has 0 bridgehead atoms. The molecule has 0 unspecified atom stereocenters. The Morgan fingerprint density at radius 1 is 1.58 bits per heavy atom. The second kappa shape index (κ2) is 2.71. The van der Waals surface area contributed by atoms with Crippen molar-refractivity contribution in [1.82, 2.24) is 9.97 Å². The number of H-pyrrole nitrogens is 1. The number of aromatic amines is 1. The monoisotopic (exact) mass is 248 g/mol. The number of rotatable bonds is 0. The van der Waals surface area contributed by atoms with E-state index in [0.29, 0.717) is 16.1 Å². The number of nitrogens with one attached hydrogen (secondary N) is 1. The summed E-state index contributed by atoms with van der Waals surface area (Å²) in [5.74, 6) is -0.403. The molecular formula is C7H3BrClFN2. The van der Waals surface area contributed by atoms with Gasteiger partial charge in [0, 0.05) is 10.7 Å². The molecule has 0 aliphatic heterocycles. The van der Waals surface area contributed by atoms with Gasteiger partial charge < -0.3 is 4.98 Å². The zero-order valence-electron chi connectivity index (χ0n) is 5.74. The highest BCUT2D eigenvalue weighted by atomic mass is 79.9. The molecule has 62 valence electrons. The van der Waals surface area contributed by atoms with Crippen LogP contribution in [0.15, 0.2) is 16.9 Å². The van der Waals surface area contributed by atoms with Gasteiger partial charge in [0.05, 0.1) is 17.1 Å². The highest BCUT2D eigenvalue weighted by Crippen LogP contribution is 2.29. The molecule has 2 heterocycles. The molecule has 0 radical (unpaired) electrons. The zero-order valence-corrected chi connectivity index (χ0v) is 8.08. The molecule has 0 saturated heterocycles. The Morgan fingerprint density at radius 3 is 3.00 bits per heavy atom. The summed E-state index contributed by atoms with van der Waals surface area (Å²) in [5, 5.41) is 0.871. The van der Waals surface area contributed by atoms with Crippen LogP contribution in [-0.2, 0) is 0 Å². The number of halogens is 3. The number of fused-ring (bicyclic) bond motifs is 1. The van der Waals surface area contributed by atoms with Crippen LogP contribution in [0.2, 0.25) is 5.15 Å². The highest BCUT2D eigenvalue weighted by molar-refractivity contribution is 9.10. The second-order valence-corrected chi connectivity index (χ2v) is 3.50. The van der Waals surface area contributed by atoms with Crippen molar-refractivity contribution in [2.75, 3.05) is 0 Å². The molecule has 5 heteroatoms. The van der Waals surface area contributed by atoms with E-state index >= 15 is 0 Å². The largest absolute Gasteiger partial charge is 0.358 e. The summed E-state index contributed by atoms with van der Waals surface area (Å²) >= 11 is 8.98. The maximum absolute atomic E-state index is 13.0. The summed E-state index contributed by atoms with van der Waals surface area (Å²) < 4.78 is 13.7. The van der Waals surface area contributed by atoms with Crippen LogP contribution in [-0.4, -0.2) is 9.97 Å². The number of nitrogens with zero attached hydrogens (tertiary/aromatic N) is 1. The Hall–Kier alpha value is -0.610. The van der Waals surface area contributed by atoms with Crippen molar-refractivity contribution in [3.8, 4) is 0 Å². The van der Waals surface area contributed by atoms with E-state index < -0.39 is 5.82 Å². The molecule has 0 amide bonds. The molecule has 0 aliphatic rings. The molecule has 0 spiro atoms. The van der Waals surface area contributed by atoms with Crippen LogP contribution in [0.3, 0.4) is 0 Å². The lowest BCUT2D eigenvalue weighted by Crippen LogP contribution is -1.82. The van der Waals surface area contributed by atoms with Crippen LogP contribution in [0, 0.1) is 5.82 Å². The van der Waals surface area contributed by atoms with Crippen LogP contribution < -0.4 is 0 Å². The van der Waals surface area contributed by atoms with Crippen molar-refractivity contribution in [3.05, 3.63) is 27.8 Å². The normalized spacial score (nSPS) is 10.9. The van der Waals surface area contributed by atoms with E-state index in [1.807, 2.05) is 0 Å². The molecule has 0 aliphatic carbocycles. The summed E-state index contributed by atoms with van der Waals surface area (Å²) in [5.41, 5.74) is 0.377. The lowest BCUT2D eigenvalue weighted by atomic mass is 10.3. The van der Waals surface area contributed by atoms with Crippen molar-refractivity contribution in [3.63, 3.8) is 0 Å². The van der Waals surface area contributed by atoms with Crippen molar-refractivity contribution in [2.45, 2.75) is 0 Å². The van der Waals surface area contributed by atoms with Crippen molar-refractivity contribution in [2.24, 2.45) is 0 Å². The van der Waals surface area contributed by atoms with Gasteiger partial charge >= 0.3 is 0 Å². The van der Waals surface area contributed by atoms with Crippen LogP contribution in [0.25, 0.3) is 10.9 Å². The van der Waals surface area contributed by atoms with Crippen molar-refractivity contribution < 1.29 is 4.39 Å². The average Bonchev–Trinajstić information content (AvgIpc) is 2.42. The number of hydrogen-bond donors (Lipinski definition) is 1. The molecular weight excluding hydrogens is 246 g/mol. The van der Waals surface area contributed by atoms with Gasteiger partial charge in [0.25, 0.3) is 0 Å². The third kappa shape index (κ3) is 1.03. The smallest absolute Gasteiger partial charge is 0.165 e.